The molecule has 316 valence electrons. The van der Waals surface area contributed by atoms with Crippen LogP contribution in [-0.2, 0) is 31.1 Å². The van der Waals surface area contributed by atoms with Crippen LogP contribution in [0, 0.1) is 56.7 Å². The second-order valence-corrected chi connectivity index (χ2v) is 20.4. The van der Waals surface area contributed by atoms with Gasteiger partial charge in [0.1, 0.15) is 23.7 Å². The number of aliphatic carboxylic acids is 1. The summed E-state index contributed by atoms with van der Waals surface area (Å²) in [6.45, 7) is 21.0. The second-order valence-electron chi connectivity index (χ2n) is 20.4. The van der Waals surface area contributed by atoms with Gasteiger partial charge in [0.05, 0.1) is 22.8 Å². The van der Waals surface area contributed by atoms with Crippen LogP contribution in [0.1, 0.15) is 144 Å². The first-order chi connectivity index (χ1) is 27.2. The number of pyridine rings is 1. The number of Topliss-reactive ketones (excluding diaryl/α,β-unsaturated/α-hetero) is 1. The molecule has 2 heterocycles. The van der Waals surface area contributed by atoms with E-state index in [1.807, 2.05) is 13.0 Å². The fourth-order valence-electron chi connectivity index (χ4n) is 12.3. The van der Waals surface area contributed by atoms with Crippen molar-refractivity contribution in [3.63, 3.8) is 0 Å². The van der Waals surface area contributed by atoms with Crippen LogP contribution < -0.4 is 0 Å². The van der Waals surface area contributed by atoms with Gasteiger partial charge < -0.3 is 19.3 Å². The average molecular weight is 797 g/mol. The molecule has 11 heteroatoms. The molecule has 0 bridgehead atoms. The molecular formula is C47H68N6O5. The molecular weight excluding hydrogens is 729 g/mol. The van der Waals surface area contributed by atoms with Crippen molar-refractivity contribution in [1.29, 1.82) is 5.26 Å². The first-order valence-corrected chi connectivity index (χ1v) is 21.8. The summed E-state index contributed by atoms with van der Waals surface area (Å²) >= 11 is 0. The van der Waals surface area contributed by atoms with E-state index in [1.165, 1.54) is 5.57 Å². The number of ketones is 1. The molecule has 0 saturated heterocycles. The zero-order chi connectivity index (χ0) is 42.6. The summed E-state index contributed by atoms with van der Waals surface area (Å²) in [6, 6.07) is 5.79. The number of fused-ring (bicyclic) bond motifs is 5. The molecule has 1 unspecified atom stereocenters. The number of hydrogen-bond donors (Lipinski definition) is 1. The Hall–Kier alpha value is -3.91. The molecule has 0 amide bonds. The van der Waals surface area contributed by atoms with Crippen LogP contribution in [0.2, 0.25) is 0 Å². The number of ether oxygens (including phenoxy) is 1. The number of carboxylic acids is 1. The number of aromatic nitrogens is 4. The van der Waals surface area contributed by atoms with Gasteiger partial charge >= 0.3 is 11.9 Å². The van der Waals surface area contributed by atoms with Crippen LogP contribution >= 0.6 is 0 Å². The number of allylic oxidation sites excluding steroid dienone is 2. The maximum absolute atomic E-state index is 14.5. The van der Waals surface area contributed by atoms with Gasteiger partial charge in [0.2, 0.25) is 0 Å². The molecule has 58 heavy (non-hydrogen) atoms. The lowest BCUT2D eigenvalue weighted by Gasteiger charge is -2.69. The van der Waals surface area contributed by atoms with Gasteiger partial charge in [0.15, 0.2) is 11.6 Å². The summed E-state index contributed by atoms with van der Waals surface area (Å²) in [5.74, 6) is 1.60. The van der Waals surface area contributed by atoms with Crippen molar-refractivity contribution in [3.8, 4) is 17.6 Å². The van der Waals surface area contributed by atoms with Crippen LogP contribution in [0.4, 0.5) is 0 Å². The van der Waals surface area contributed by atoms with E-state index >= 15 is 0 Å². The largest absolute Gasteiger partial charge is 0.481 e. The highest BCUT2D eigenvalue weighted by molar-refractivity contribution is 6.01. The number of carbonyl (C=O) groups is 3. The molecule has 4 aliphatic rings. The Balaban J connectivity index is 1.36. The Morgan fingerprint density at radius 3 is 2.41 bits per heavy atom. The second kappa shape index (κ2) is 15.9. The maximum atomic E-state index is 14.5. The molecule has 2 aromatic rings. The third-order valence-electron chi connectivity index (χ3n) is 16.2. The Labute approximate surface area is 346 Å². The van der Waals surface area contributed by atoms with Gasteiger partial charge in [-0.1, -0.05) is 48.5 Å². The van der Waals surface area contributed by atoms with Crippen molar-refractivity contribution in [2.45, 2.75) is 151 Å². The van der Waals surface area contributed by atoms with Gasteiger partial charge in [-0.2, -0.15) is 5.26 Å². The van der Waals surface area contributed by atoms with E-state index < -0.39 is 22.8 Å². The molecule has 4 aliphatic carbocycles. The highest BCUT2D eigenvalue weighted by Crippen LogP contribution is 2.74. The van der Waals surface area contributed by atoms with Gasteiger partial charge in [0.25, 0.3) is 0 Å². The predicted molar refractivity (Wildman–Crippen MR) is 223 cm³/mol. The van der Waals surface area contributed by atoms with Gasteiger partial charge in [-0.25, -0.2) is 0 Å². The zero-order valence-corrected chi connectivity index (χ0v) is 37.1. The van der Waals surface area contributed by atoms with Gasteiger partial charge in [-0.3, -0.25) is 19.4 Å². The Kier molecular flexibility index (Phi) is 12.0. The van der Waals surface area contributed by atoms with Crippen LogP contribution in [0.15, 0.2) is 29.5 Å². The first-order valence-electron chi connectivity index (χ1n) is 21.8. The summed E-state index contributed by atoms with van der Waals surface area (Å²) in [4.78, 5) is 46.0. The van der Waals surface area contributed by atoms with E-state index in [2.05, 4.69) is 76.2 Å². The Bertz CT molecular complexity index is 1980. The molecule has 3 saturated carbocycles. The number of nitrogens with zero attached hydrogens (tertiary/aromatic N) is 6. The van der Waals surface area contributed by atoms with Crippen molar-refractivity contribution >= 4 is 17.7 Å². The highest BCUT2D eigenvalue weighted by atomic mass is 16.5. The van der Waals surface area contributed by atoms with Crippen molar-refractivity contribution in [2.75, 3.05) is 20.6 Å². The van der Waals surface area contributed by atoms with Crippen molar-refractivity contribution in [2.24, 2.45) is 45.3 Å². The van der Waals surface area contributed by atoms with E-state index in [0.717, 1.165) is 69.3 Å². The molecule has 0 aromatic carbocycles. The van der Waals surface area contributed by atoms with Gasteiger partial charge in [0, 0.05) is 25.7 Å². The molecule has 3 fully saturated rings. The fraction of sp³-hybridized carbons (Fsp3) is 0.723. The molecule has 2 aromatic heterocycles. The van der Waals surface area contributed by atoms with Crippen LogP contribution in [0.3, 0.4) is 0 Å². The Morgan fingerprint density at radius 1 is 1.09 bits per heavy atom. The number of esters is 1. The minimum Gasteiger partial charge on any atom is -0.481 e. The number of hydrogen-bond acceptors (Lipinski definition) is 9. The molecule has 6 rings (SSSR count). The highest BCUT2D eigenvalue weighted by Gasteiger charge is 2.68. The van der Waals surface area contributed by atoms with E-state index in [-0.39, 0.29) is 46.4 Å². The SMILES string of the molecule is CC[C@H](CC[C@@]1(C)[C@H](C)CC[C@]2(C)[C@@H]1CCC1C3=C(C(C)C)C(=O)C[C@]3(c3nnc(-c4ccc(C#N)cn4)n3CCN(C)C)CC[C@]12C)OC(=O)CC(C)(C)C(=O)O. The molecule has 0 spiro atoms. The molecule has 1 N–H and O–H groups in total. The number of nitriles is 1. The predicted octanol–water partition coefficient (Wildman–Crippen LogP) is 8.81. The quantitative estimate of drug-likeness (QED) is 0.184. The lowest BCUT2D eigenvalue weighted by molar-refractivity contribution is -0.184. The summed E-state index contributed by atoms with van der Waals surface area (Å²) in [5.41, 5.74) is 1.75. The number of carbonyl (C=O) groups excluding carboxylic acids is 2. The van der Waals surface area contributed by atoms with E-state index in [4.69, 9.17) is 14.9 Å². The smallest absolute Gasteiger partial charge is 0.309 e. The topological polar surface area (TPSA) is 151 Å². The molecule has 0 aliphatic heterocycles. The number of rotatable bonds is 14. The van der Waals surface area contributed by atoms with Crippen LogP contribution in [0.25, 0.3) is 11.5 Å². The third kappa shape index (κ3) is 7.23. The summed E-state index contributed by atoms with van der Waals surface area (Å²) in [6.07, 6.45) is 10.1. The fourth-order valence-corrected chi connectivity index (χ4v) is 12.3. The first kappa shape index (κ1) is 43.7. The van der Waals surface area contributed by atoms with Gasteiger partial charge in [-0.05, 0) is 149 Å². The summed E-state index contributed by atoms with van der Waals surface area (Å²) < 4.78 is 8.20. The number of likely N-dealkylation sites (N-methyl/N-ethyl adjacent to an activating group) is 1. The lowest BCUT2D eigenvalue weighted by atomic mass is 9.35. The maximum Gasteiger partial charge on any atom is 0.309 e. The molecule has 8 atom stereocenters. The van der Waals surface area contributed by atoms with Crippen molar-refractivity contribution in [3.05, 3.63) is 40.9 Å². The third-order valence-corrected chi connectivity index (χ3v) is 16.2. The van der Waals surface area contributed by atoms with Crippen LogP contribution in [0.5, 0.6) is 0 Å². The minimum atomic E-state index is -1.17. The van der Waals surface area contributed by atoms with Crippen molar-refractivity contribution < 1.29 is 24.2 Å². The van der Waals surface area contributed by atoms with E-state index in [0.29, 0.717) is 48.3 Å². The monoisotopic (exact) mass is 797 g/mol. The van der Waals surface area contributed by atoms with E-state index in [9.17, 15) is 24.8 Å². The summed E-state index contributed by atoms with van der Waals surface area (Å²) in [5, 5.41) is 28.9. The number of carboxylic acid groups (broad SMARTS) is 1. The summed E-state index contributed by atoms with van der Waals surface area (Å²) in [7, 11) is 4.12. The van der Waals surface area contributed by atoms with Crippen LogP contribution in [-0.4, -0.2) is 74.2 Å². The lowest BCUT2D eigenvalue weighted by Crippen LogP contribution is -2.62. The van der Waals surface area contributed by atoms with Crippen molar-refractivity contribution in [1.82, 2.24) is 24.6 Å². The Morgan fingerprint density at radius 2 is 1.81 bits per heavy atom. The standard InChI is InChI=1S/C47H68N6O5/c1-12-32(58-37(55)26-43(5,6)42(56)57)18-19-44(7)30(4)17-20-46(9)36(44)16-14-33-39-38(29(2)3)35(54)25-47(39,22-21-45(33,46)8)41-51-50-40(53(41)24-23-52(10)11)34-15-13-31(27-48)28-49-34/h13,15,28-30,32-33,36H,12,14,16-26H2,1-11H3,(H,56,57)/t30-,32-,33?,36-,44+,45-,46-,47-/m1/s1. The molecule has 0 radical (unpaired) electrons. The van der Waals surface area contributed by atoms with E-state index in [1.54, 1.807) is 26.1 Å². The average Bonchev–Trinajstić information content (AvgIpc) is 3.73. The zero-order valence-electron chi connectivity index (χ0n) is 37.1. The van der Waals surface area contributed by atoms with Gasteiger partial charge in [-0.15, -0.1) is 10.2 Å². The normalized spacial score (nSPS) is 31.4. The minimum absolute atomic E-state index is 0.0180. The molecule has 11 nitrogen and oxygen atoms in total.